The number of pyridine rings is 2. The topological polar surface area (TPSA) is 91.8 Å². The van der Waals surface area contributed by atoms with Crippen LogP contribution in [0, 0.1) is 12.3 Å². The molecule has 2 aromatic carbocycles. The molecule has 0 bridgehead atoms. The van der Waals surface area contributed by atoms with E-state index in [9.17, 15) is 4.79 Å². The Morgan fingerprint density at radius 1 is 0.789 bits per heavy atom. The van der Waals surface area contributed by atoms with Gasteiger partial charge in [-0.15, -0.1) is 6.42 Å². The molecule has 0 atom stereocenters. The number of nitrogens with one attached hydrogen (secondary N) is 1. The van der Waals surface area contributed by atoms with Gasteiger partial charge in [0, 0.05) is 35.3 Å². The van der Waals surface area contributed by atoms with E-state index in [0.29, 0.717) is 65.0 Å². The van der Waals surface area contributed by atoms with Gasteiger partial charge in [-0.3, -0.25) is 14.8 Å². The zero-order valence-electron chi connectivity index (χ0n) is 21.2. The van der Waals surface area contributed by atoms with E-state index < -0.39 is 0 Å². The second-order valence-electron chi connectivity index (χ2n) is 8.33. The maximum atomic E-state index is 12.6. The summed E-state index contributed by atoms with van der Waals surface area (Å²) < 4.78 is 21.4. The van der Waals surface area contributed by atoms with Gasteiger partial charge in [0.05, 0.1) is 57.3 Å². The Morgan fingerprint density at radius 3 is 2.13 bits per heavy atom. The van der Waals surface area contributed by atoms with Crippen molar-refractivity contribution in [3.05, 3.63) is 72.6 Å². The lowest BCUT2D eigenvalue weighted by molar-refractivity contribution is 0.00176. The number of terminal acetylenes is 1. The van der Waals surface area contributed by atoms with Gasteiger partial charge in [0.25, 0.3) is 5.91 Å². The zero-order valence-corrected chi connectivity index (χ0v) is 21.2. The number of rotatable bonds is 15. The highest BCUT2D eigenvalue weighted by Crippen LogP contribution is 2.32. The largest absolute Gasteiger partial charge is 0.377 e. The number of carbonyl (C=O) groups excluding carboxylic acids is 1. The number of aromatic nitrogens is 2. The SMILES string of the molecule is C#CCOCCOCCOCCOCCNC(=O)c1ccc(-c2cc3cccnc3c3ncccc23)cc1. The molecule has 0 aliphatic carbocycles. The van der Waals surface area contributed by atoms with E-state index in [0.717, 1.165) is 32.9 Å². The molecule has 0 aliphatic rings. The molecule has 1 amide bonds. The molecule has 0 saturated carbocycles. The van der Waals surface area contributed by atoms with Gasteiger partial charge in [-0.05, 0) is 41.5 Å². The van der Waals surface area contributed by atoms with Gasteiger partial charge in [-0.25, -0.2) is 0 Å². The summed E-state index contributed by atoms with van der Waals surface area (Å²) in [6.07, 6.45) is 8.65. The second kappa shape index (κ2) is 14.8. The van der Waals surface area contributed by atoms with Crippen molar-refractivity contribution in [2.45, 2.75) is 0 Å². The summed E-state index contributed by atoms with van der Waals surface area (Å²) in [7, 11) is 0. The van der Waals surface area contributed by atoms with Gasteiger partial charge >= 0.3 is 0 Å². The minimum absolute atomic E-state index is 0.144. The maximum absolute atomic E-state index is 12.6. The van der Waals surface area contributed by atoms with Gasteiger partial charge < -0.3 is 24.3 Å². The van der Waals surface area contributed by atoms with Gasteiger partial charge in [0.2, 0.25) is 0 Å². The Hall–Kier alpha value is -3.87. The average molecular weight is 514 g/mol. The summed E-state index contributed by atoms with van der Waals surface area (Å²) in [5.41, 5.74) is 4.40. The van der Waals surface area contributed by atoms with Gasteiger partial charge in [-0.2, -0.15) is 0 Å². The van der Waals surface area contributed by atoms with Gasteiger partial charge in [-0.1, -0.05) is 30.2 Å². The van der Waals surface area contributed by atoms with E-state index in [-0.39, 0.29) is 5.91 Å². The molecule has 0 saturated heterocycles. The fraction of sp³-hybridized carbons (Fsp3) is 0.300. The predicted octanol–water partition coefficient (Wildman–Crippen LogP) is 3.88. The van der Waals surface area contributed by atoms with Crippen molar-refractivity contribution in [1.29, 1.82) is 0 Å². The van der Waals surface area contributed by atoms with E-state index in [2.05, 4.69) is 27.3 Å². The second-order valence-corrected chi connectivity index (χ2v) is 8.33. The molecule has 0 fully saturated rings. The number of hydrogen-bond donors (Lipinski definition) is 1. The highest BCUT2D eigenvalue weighted by Gasteiger charge is 2.11. The summed E-state index contributed by atoms with van der Waals surface area (Å²) in [5.74, 6) is 2.25. The molecule has 0 spiro atoms. The Balaban J connectivity index is 1.18. The number of ether oxygens (including phenoxy) is 4. The molecule has 2 heterocycles. The highest BCUT2D eigenvalue weighted by atomic mass is 16.6. The van der Waals surface area contributed by atoms with Crippen LogP contribution in [0.1, 0.15) is 10.4 Å². The predicted molar refractivity (Wildman–Crippen MR) is 147 cm³/mol. The van der Waals surface area contributed by atoms with E-state index >= 15 is 0 Å². The van der Waals surface area contributed by atoms with Crippen LogP contribution in [-0.2, 0) is 18.9 Å². The van der Waals surface area contributed by atoms with Crippen LogP contribution in [0.2, 0.25) is 0 Å². The first-order valence-electron chi connectivity index (χ1n) is 12.5. The van der Waals surface area contributed by atoms with Crippen LogP contribution in [0.5, 0.6) is 0 Å². The van der Waals surface area contributed by atoms with Crippen molar-refractivity contribution >= 4 is 27.7 Å². The molecular weight excluding hydrogens is 482 g/mol. The molecule has 38 heavy (non-hydrogen) atoms. The van der Waals surface area contributed by atoms with E-state index in [4.69, 9.17) is 25.4 Å². The van der Waals surface area contributed by atoms with Crippen molar-refractivity contribution < 1.29 is 23.7 Å². The summed E-state index contributed by atoms with van der Waals surface area (Å²) in [4.78, 5) is 21.6. The first kappa shape index (κ1) is 27.2. The lowest BCUT2D eigenvalue weighted by Crippen LogP contribution is -2.27. The average Bonchev–Trinajstić information content (AvgIpc) is 2.97. The van der Waals surface area contributed by atoms with Crippen LogP contribution in [0.4, 0.5) is 0 Å². The fourth-order valence-electron chi connectivity index (χ4n) is 3.95. The zero-order chi connectivity index (χ0) is 26.4. The molecule has 0 radical (unpaired) electrons. The molecule has 4 aromatic rings. The molecule has 8 nitrogen and oxygen atoms in total. The fourth-order valence-corrected chi connectivity index (χ4v) is 3.95. The minimum Gasteiger partial charge on any atom is -0.377 e. The Morgan fingerprint density at radius 2 is 1.42 bits per heavy atom. The number of fused-ring (bicyclic) bond motifs is 3. The molecule has 196 valence electrons. The molecule has 4 rings (SSSR count). The molecule has 2 aromatic heterocycles. The molecule has 0 unspecified atom stereocenters. The number of carbonyl (C=O) groups is 1. The number of hydrogen-bond acceptors (Lipinski definition) is 7. The number of amides is 1. The smallest absolute Gasteiger partial charge is 0.251 e. The van der Waals surface area contributed by atoms with Gasteiger partial charge in [0.1, 0.15) is 6.61 Å². The maximum Gasteiger partial charge on any atom is 0.251 e. The van der Waals surface area contributed by atoms with E-state index in [1.54, 1.807) is 12.4 Å². The van der Waals surface area contributed by atoms with Crippen molar-refractivity contribution in [3.8, 4) is 23.5 Å². The number of nitrogens with zero attached hydrogens (tertiary/aromatic N) is 2. The van der Waals surface area contributed by atoms with Crippen LogP contribution in [-0.4, -0.2) is 75.3 Å². The lowest BCUT2D eigenvalue weighted by Gasteiger charge is -2.11. The van der Waals surface area contributed by atoms with Crippen LogP contribution >= 0.6 is 0 Å². The first-order chi connectivity index (χ1) is 18.8. The third kappa shape index (κ3) is 7.57. The molecule has 1 N–H and O–H groups in total. The highest BCUT2D eigenvalue weighted by molar-refractivity contribution is 6.10. The minimum atomic E-state index is -0.144. The molecular formula is C30H31N3O5. The van der Waals surface area contributed by atoms with E-state index in [1.165, 1.54) is 0 Å². The molecule has 0 aliphatic heterocycles. The summed E-state index contributed by atoms with van der Waals surface area (Å²) in [5, 5.41) is 4.93. The summed E-state index contributed by atoms with van der Waals surface area (Å²) >= 11 is 0. The Kier molecular flexibility index (Phi) is 10.6. The van der Waals surface area contributed by atoms with Crippen LogP contribution < -0.4 is 5.32 Å². The Labute approximate surface area is 222 Å². The first-order valence-corrected chi connectivity index (χ1v) is 12.5. The van der Waals surface area contributed by atoms with Crippen molar-refractivity contribution in [3.63, 3.8) is 0 Å². The monoisotopic (exact) mass is 513 g/mol. The standard InChI is InChI=1S/C30H31N3O5/c1-2-14-35-16-18-37-20-21-38-19-17-36-15-13-33-30(34)24-9-7-23(8-10-24)27-22-25-5-3-11-31-28(25)29-26(27)6-4-12-32-29/h1,3-12,22H,13-21H2,(H,33,34). The third-order valence-electron chi connectivity index (χ3n) is 5.75. The van der Waals surface area contributed by atoms with Crippen LogP contribution in [0.3, 0.4) is 0 Å². The lowest BCUT2D eigenvalue weighted by atomic mass is 9.97. The normalized spacial score (nSPS) is 11.0. The van der Waals surface area contributed by atoms with Gasteiger partial charge in [0.15, 0.2) is 0 Å². The molecule has 8 heteroatoms. The van der Waals surface area contributed by atoms with Crippen LogP contribution in [0.25, 0.3) is 32.9 Å². The summed E-state index contributed by atoms with van der Waals surface area (Å²) in [6, 6.07) is 17.6. The van der Waals surface area contributed by atoms with Crippen LogP contribution in [0.15, 0.2) is 67.0 Å². The number of benzene rings is 2. The third-order valence-corrected chi connectivity index (χ3v) is 5.75. The van der Waals surface area contributed by atoms with Crippen molar-refractivity contribution in [2.75, 3.05) is 59.4 Å². The van der Waals surface area contributed by atoms with E-state index in [1.807, 2.05) is 48.5 Å². The Bertz CT molecular complexity index is 1370. The summed E-state index contributed by atoms with van der Waals surface area (Å²) in [6.45, 7) is 3.94. The quantitative estimate of drug-likeness (QED) is 0.147. The van der Waals surface area contributed by atoms with Crippen molar-refractivity contribution in [2.24, 2.45) is 0 Å². The van der Waals surface area contributed by atoms with Crippen molar-refractivity contribution in [1.82, 2.24) is 15.3 Å².